The second kappa shape index (κ2) is 7.58. The Balaban J connectivity index is 1.93. The summed E-state index contributed by atoms with van der Waals surface area (Å²) in [5.74, 6) is 0.149. The highest BCUT2D eigenvalue weighted by molar-refractivity contribution is 5.13. The van der Waals surface area contributed by atoms with Crippen LogP contribution in [0.2, 0.25) is 0 Å². The fraction of sp³-hybridized carbons (Fsp3) is 0.529. The van der Waals surface area contributed by atoms with Crippen molar-refractivity contribution in [3.8, 4) is 0 Å². The van der Waals surface area contributed by atoms with E-state index >= 15 is 0 Å². The standard InChI is InChI=1S/C17H25NO2/c1-2-7-16(17(18)14-10-6-11-15(14)19)20-12-13-8-4-3-5-9-13/h2-5,8-9,14-17,19H,1,6-7,10-12,18H2/t14-,15+,16-,17-/m1/s1. The molecule has 0 aromatic heterocycles. The van der Waals surface area contributed by atoms with E-state index in [1.807, 2.05) is 36.4 Å². The van der Waals surface area contributed by atoms with Crippen molar-refractivity contribution < 1.29 is 9.84 Å². The van der Waals surface area contributed by atoms with Crippen LogP contribution >= 0.6 is 0 Å². The summed E-state index contributed by atoms with van der Waals surface area (Å²) in [6.07, 6.45) is 5.11. The van der Waals surface area contributed by atoms with E-state index < -0.39 is 0 Å². The van der Waals surface area contributed by atoms with Crippen LogP contribution in [0.3, 0.4) is 0 Å². The topological polar surface area (TPSA) is 55.5 Å². The lowest BCUT2D eigenvalue weighted by Gasteiger charge is -2.30. The van der Waals surface area contributed by atoms with Gasteiger partial charge in [0.2, 0.25) is 0 Å². The average Bonchev–Trinajstić information content (AvgIpc) is 2.90. The minimum absolute atomic E-state index is 0.0783. The molecule has 3 heteroatoms. The van der Waals surface area contributed by atoms with Gasteiger partial charge in [0, 0.05) is 12.0 Å². The minimum atomic E-state index is -0.280. The van der Waals surface area contributed by atoms with Crippen LogP contribution in [-0.2, 0) is 11.3 Å². The second-order valence-electron chi connectivity index (χ2n) is 5.60. The Kier molecular flexibility index (Phi) is 5.77. The molecule has 0 heterocycles. The fourth-order valence-corrected chi connectivity index (χ4v) is 2.97. The molecule has 3 N–H and O–H groups in total. The summed E-state index contributed by atoms with van der Waals surface area (Å²) < 4.78 is 5.98. The van der Waals surface area contributed by atoms with Crippen molar-refractivity contribution in [2.24, 2.45) is 11.7 Å². The molecule has 1 aliphatic rings. The number of hydrogen-bond donors (Lipinski definition) is 2. The monoisotopic (exact) mass is 275 g/mol. The Morgan fingerprint density at radius 1 is 1.35 bits per heavy atom. The van der Waals surface area contributed by atoms with Gasteiger partial charge in [-0.15, -0.1) is 6.58 Å². The first-order chi connectivity index (χ1) is 9.72. The van der Waals surface area contributed by atoms with Gasteiger partial charge in [0.05, 0.1) is 18.8 Å². The van der Waals surface area contributed by atoms with Crippen LogP contribution in [0.15, 0.2) is 43.0 Å². The summed E-state index contributed by atoms with van der Waals surface area (Å²) in [7, 11) is 0. The van der Waals surface area contributed by atoms with Crippen LogP contribution in [-0.4, -0.2) is 23.4 Å². The fourth-order valence-electron chi connectivity index (χ4n) is 2.97. The molecule has 0 radical (unpaired) electrons. The average molecular weight is 275 g/mol. The van der Waals surface area contributed by atoms with Crippen molar-refractivity contribution >= 4 is 0 Å². The Bertz CT molecular complexity index is 407. The van der Waals surface area contributed by atoms with Gasteiger partial charge in [-0.25, -0.2) is 0 Å². The molecule has 0 aliphatic heterocycles. The first-order valence-corrected chi connectivity index (χ1v) is 7.42. The summed E-state index contributed by atoms with van der Waals surface area (Å²) in [5.41, 5.74) is 7.47. The van der Waals surface area contributed by atoms with E-state index in [9.17, 15) is 5.11 Å². The van der Waals surface area contributed by atoms with E-state index in [1.165, 1.54) is 0 Å². The van der Waals surface area contributed by atoms with E-state index in [0.29, 0.717) is 6.61 Å². The van der Waals surface area contributed by atoms with Crippen LogP contribution in [0, 0.1) is 5.92 Å². The molecule has 0 saturated heterocycles. The number of aliphatic hydroxyl groups excluding tert-OH is 1. The third-order valence-corrected chi connectivity index (χ3v) is 4.16. The molecule has 1 aromatic rings. The van der Waals surface area contributed by atoms with E-state index in [0.717, 1.165) is 31.2 Å². The predicted octanol–water partition coefficient (Wildman–Crippen LogP) is 2.64. The SMILES string of the molecule is C=CC[C@@H](OCc1ccccc1)[C@H](N)[C@@H]1CCC[C@@H]1O. The van der Waals surface area contributed by atoms with Crippen LogP contribution in [0.25, 0.3) is 0 Å². The molecule has 0 unspecified atom stereocenters. The van der Waals surface area contributed by atoms with Crippen molar-refractivity contribution in [1.82, 2.24) is 0 Å². The van der Waals surface area contributed by atoms with E-state index in [2.05, 4.69) is 6.58 Å². The zero-order chi connectivity index (χ0) is 14.4. The van der Waals surface area contributed by atoms with E-state index in [1.54, 1.807) is 0 Å². The molecule has 0 bridgehead atoms. The number of benzene rings is 1. The summed E-state index contributed by atoms with van der Waals surface area (Å²) >= 11 is 0. The molecule has 1 aliphatic carbocycles. The first kappa shape index (κ1) is 15.2. The van der Waals surface area contributed by atoms with Gasteiger partial charge in [-0.2, -0.15) is 0 Å². The molecule has 1 aromatic carbocycles. The smallest absolute Gasteiger partial charge is 0.0768 e. The number of ether oxygens (including phenoxy) is 1. The van der Waals surface area contributed by atoms with Crippen molar-refractivity contribution in [3.05, 3.63) is 48.6 Å². The van der Waals surface area contributed by atoms with E-state index in [4.69, 9.17) is 10.5 Å². The van der Waals surface area contributed by atoms with Crippen molar-refractivity contribution in [2.75, 3.05) is 0 Å². The van der Waals surface area contributed by atoms with Gasteiger partial charge in [0.1, 0.15) is 0 Å². The molecule has 110 valence electrons. The predicted molar refractivity (Wildman–Crippen MR) is 81.2 cm³/mol. The Hall–Kier alpha value is -1.16. The quantitative estimate of drug-likeness (QED) is 0.752. The van der Waals surface area contributed by atoms with E-state index in [-0.39, 0.29) is 24.2 Å². The number of nitrogens with two attached hydrogens (primary N) is 1. The maximum atomic E-state index is 10.0. The molecule has 4 atom stereocenters. The highest BCUT2D eigenvalue weighted by Gasteiger charge is 2.34. The van der Waals surface area contributed by atoms with Crippen molar-refractivity contribution in [1.29, 1.82) is 0 Å². The van der Waals surface area contributed by atoms with Gasteiger partial charge in [0.15, 0.2) is 0 Å². The first-order valence-electron chi connectivity index (χ1n) is 7.42. The summed E-state index contributed by atoms with van der Waals surface area (Å²) in [6.45, 7) is 4.34. The third-order valence-electron chi connectivity index (χ3n) is 4.16. The van der Waals surface area contributed by atoms with Crippen LogP contribution in [0.5, 0.6) is 0 Å². The molecular weight excluding hydrogens is 250 g/mol. The number of aliphatic hydroxyl groups is 1. The van der Waals surface area contributed by atoms with Gasteiger partial charge in [-0.3, -0.25) is 0 Å². The molecule has 2 rings (SSSR count). The zero-order valence-corrected chi connectivity index (χ0v) is 11.9. The maximum absolute atomic E-state index is 10.0. The highest BCUT2D eigenvalue weighted by atomic mass is 16.5. The third kappa shape index (κ3) is 3.92. The van der Waals surface area contributed by atoms with Crippen LogP contribution in [0.1, 0.15) is 31.2 Å². The lowest BCUT2D eigenvalue weighted by atomic mass is 9.91. The summed E-state index contributed by atoms with van der Waals surface area (Å²) in [4.78, 5) is 0. The lowest BCUT2D eigenvalue weighted by molar-refractivity contribution is -0.00515. The maximum Gasteiger partial charge on any atom is 0.0768 e. The molecule has 1 saturated carbocycles. The largest absolute Gasteiger partial charge is 0.393 e. The highest BCUT2D eigenvalue weighted by Crippen LogP contribution is 2.30. The molecule has 3 nitrogen and oxygen atoms in total. The van der Waals surface area contributed by atoms with Crippen molar-refractivity contribution in [3.63, 3.8) is 0 Å². The second-order valence-corrected chi connectivity index (χ2v) is 5.60. The number of rotatable bonds is 7. The molecule has 0 spiro atoms. The zero-order valence-electron chi connectivity index (χ0n) is 11.9. The Morgan fingerprint density at radius 3 is 2.70 bits per heavy atom. The summed E-state index contributed by atoms with van der Waals surface area (Å²) in [6, 6.07) is 9.95. The van der Waals surface area contributed by atoms with Crippen LogP contribution < -0.4 is 5.73 Å². The Morgan fingerprint density at radius 2 is 2.10 bits per heavy atom. The van der Waals surface area contributed by atoms with Gasteiger partial charge in [0.25, 0.3) is 0 Å². The molecule has 1 fully saturated rings. The number of hydrogen-bond acceptors (Lipinski definition) is 3. The van der Waals surface area contributed by atoms with Crippen LogP contribution in [0.4, 0.5) is 0 Å². The molecule has 0 amide bonds. The lowest BCUT2D eigenvalue weighted by Crippen LogP contribution is -2.45. The Labute approximate surface area is 121 Å². The van der Waals surface area contributed by atoms with Gasteiger partial charge >= 0.3 is 0 Å². The minimum Gasteiger partial charge on any atom is -0.393 e. The van der Waals surface area contributed by atoms with Gasteiger partial charge in [-0.05, 0) is 24.8 Å². The van der Waals surface area contributed by atoms with Crippen molar-refractivity contribution in [2.45, 2.75) is 50.5 Å². The normalized spacial score (nSPS) is 25.3. The summed E-state index contributed by atoms with van der Waals surface area (Å²) in [5, 5.41) is 10.0. The molecule has 20 heavy (non-hydrogen) atoms. The molecular formula is C17H25NO2. The van der Waals surface area contributed by atoms with Gasteiger partial charge in [-0.1, -0.05) is 42.8 Å². The van der Waals surface area contributed by atoms with Gasteiger partial charge < -0.3 is 15.6 Å².